The van der Waals surface area contributed by atoms with Gasteiger partial charge >= 0.3 is 23.5 Å². The second-order valence-electron chi connectivity index (χ2n) is 7.42. The molecule has 1 fully saturated rings. The lowest BCUT2D eigenvalue weighted by Crippen LogP contribution is -2.67. The fourth-order valence-electron chi connectivity index (χ4n) is 3.38. The summed E-state index contributed by atoms with van der Waals surface area (Å²) in [7, 11) is -16.5. The monoisotopic (exact) mass is 594 g/mol. The highest BCUT2D eigenvalue weighted by atomic mass is 31.2. The Morgan fingerprint density at radius 2 is 0.667 bits per heavy atom. The van der Waals surface area contributed by atoms with Crippen molar-refractivity contribution in [1.82, 2.24) is 0 Å². The van der Waals surface area contributed by atoms with Crippen LogP contribution in [-0.4, -0.2) is 121 Å². The average molecular weight is 594 g/mol. The molecule has 1 aliphatic carbocycles. The summed E-state index contributed by atoms with van der Waals surface area (Å²) in [5, 5.41) is 27.3. The van der Waals surface area contributed by atoms with Crippen LogP contribution in [0.2, 0.25) is 0 Å². The van der Waals surface area contributed by atoms with Crippen LogP contribution in [0.1, 0.15) is 19.3 Å². The number of ether oxygens (including phenoxy) is 3. The van der Waals surface area contributed by atoms with Crippen molar-refractivity contribution < 1.29 is 86.2 Å². The van der Waals surface area contributed by atoms with Crippen LogP contribution in [0.4, 0.5) is 0 Å². The molecular formula is C15H33O18P3. The molecular weight excluding hydrogens is 561 g/mol. The van der Waals surface area contributed by atoms with Crippen LogP contribution in [0.25, 0.3) is 0 Å². The molecule has 1 saturated carbocycles. The number of hydrogen-bond acceptors (Lipinski definition) is 12. The summed E-state index contributed by atoms with van der Waals surface area (Å²) in [6.45, 7) is -1.94. The van der Waals surface area contributed by atoms with Gasteiger partial charge in [0.05, 0.1) is 0 Å². The predicted molar refractivity (Wildman–Crippen MR) is 115 cm³/mol. The van der Waals surface area contributed by atoms with Crippen LogP contribution < -0.4 is 0 Å². The molecule has 21 heteroatoms. The zero-order valence-corrected chi connectivity index (χ0v) is 21.6. The van der Waals surface area contributed by atoms with Gasteiger partial charge in [0, 0.05) is 39.6 Å². The highest BCUT2D eigenvalue weighted by Crippen LogP contribution is 2.51. The molecule has 0 amide bonds. The lowest BCUT2D eigenvalue weighted by molar-refractivity contribution is -0.248. The molecule has 0 aromatic heterocycles. The largest absolute Gasteiger partial charge is 0.470 e. The Morgan fingerprint density at radius 3 is 0.889 bits per heavy atom. The topological polar surface area (TPSA) is 289 Å². The number of aliphatic hydroxyl groups excluding tert-OH is 3. The van der Waals surface area contributed by atoms with Gasteiger partial charge in [-0.1, -0.05) is 0 Å². The van der Waals surface area contributed by atoms with E-state index in [9.17, 15) is 43.1 Å². The molecule has 0 heterocycles. The van der Waals surface area contributed by atoms with Crippen molar-refractivity contribution in [3.8, 4) is 0 Å². The summed E-state index contributed by atoms with van der Waals surface area (Å²) in [5.74, 6) is 0. The second kappa shape index (κ2) is 15.6. The van der Waals surface area contributed by atoms with Gasteiger partial charge in [-0.2, -0.15) is 0 Å². The first-order chi connectivity index (χ1) is 16.6. The first-order valence-electron chi connectivity index (χ1n) is 10.5. The van der Waals surface area contributed by atoms with E-state index in [1.807, 2.05) is 0 Å². The molecule has 0 aromatic rings. The van der Waals surface area contributed by atoms with Crippen molar-refractivity contribution in [3.05, 3.63) is 0 Å². The second-order valence-corrected chi connectivity index (χ2v) is 11.0. The molecule has 0 saturated heterocycles. The number of hydrogen-bond donors (Lipinski definition) is 9. The summed E-state index contributed by atoms with van der Waals surface area (Å²) in [4.78, 5) is 56.7. The van der Waals surface area contributed by atoms with Gasteiger partial charge in [0.2, 0.25) is 0 Å². The van der Waals surface area contributed by atoms with Gasteiger partial charge in [0.1, 0.15) is 36.6 Å². The van der Waals surface area contributed by atoms with E-state index in [0.717, 1.165) is 0 Å². The minimum atomic E-state index is -5.53. The fraction of sp³-hybridized carbons (Fsp3) is 1.00. The Balaban J connectivity index is 3.68. The average Bonchev–Trinajstić information content (AvgIpc) is 2.72. The highest BCUT2D eigenvalue weighted by molar-refractivity contribution is 7.47. The minimum absolute atomic E-state index is 0.00897. The number of phosphoric acid groups is 3. The molecule has 0 spiro atoms. The lowest BCUT2D eigenvalue weighted by Gasteiger charge is -2.49. The number of aliphatic hydroxyl groups is 3. The first kappa shape index (κ1) is 34.1. The Hall–Kier alpha value is 0.0900. The molecule has 1 aliphatic rings. The Bertz CT molecular complexity index is 719. The van der Waals surface area contributed by atoms with Crippen molar-refractivity contribution in [1.29, 1.82) is 0 Å². The van der Waals surface area contributed by atoms with Crippen molar-refractivity contribution in [3.63, 3.8) is 0 Å². The quantitative estimate of drug-likeness (QED) is 0.0597. The predicted octanol–water partition coefficient (Wildman–Crippen LogP) is -2.26. The van der Waals surface area contributed by atoms with Crippen molar-refractivity contribution in [2.24, 2.45) is 0 Å². The third kappa shape index (κ3) is 12.8. The van der Waals surface area contributed by atoms with E-state index >= 15 is 0 Å². The molecule has 0 aliphatic heterocycles. The minimum Gasteiger partial charge on any atom is -0.396 e. The van der Waals surface area contributed by atoms with E-state index < -0.39 is 60.1 Å². The van der Waals surface area contributed by atoms with E-state index in [-0.39, 0.29) is 58.9 Å². The van der Waals surface area contributed by atoms with Crippen molar-refractivity contribution in [2.45, 2.75) is 55.9 Å². The molecule has 0 bridgehead atoms. The Morgan fingerprint density at radius 1 is 0.444 bits per heavy atom. The molecule has 36 heavy (non-hydrogen) atoms. The molecule has 6 atom stereocenters. The van der Waals surface area contributed by atoms with Gasteiger partial charge in [-0.15, -0.1) is 0 Å². The van der Waals surface area contributed by atoms with Gasteiger partial charge in [-0.25, -0.2) is 13.7 Å². The van der Waals surface area contributed by atoms with Crippen LogP contribution in [0, 0.1) is 0 Å². The molecule has 18 nitrogen and oxygen atoms in total. The fourth-order valence-corrected chi connectivity index (χ4v) is 5.05. The van der Waals surface area contributed by atoms with Crippen LogP contribution in [-0.2, 0) is 41.5 Å². The van der Waals surface area contributed by atoms with E-state index in [1.165, 1.54) is 0 Å². The van der Waals surface area contributed by atoms with Crippen LogP contribution >= 0.6 is 23.5 Å². The molecule has 0 aromatic carbocycles. The zero-order valence-electron chi connectivity index (χ0n) is 18.9. The maximum atomic E-state index is 11.7. The standard InChI is InChI=1S/C15H33O18P3/c16-4-1-7-28-10-11(29-8-2-5-17)13(31-34(19,20)21)15(33-36(25,26)27)14(32-35(22,23)24)12(10)30-9-3-6-18/h10-18H,1-9H2,(H2,19,20,21)(H2,22,23,24)(H2,25,26,27)/t10?,11-,12+,13-,14-,15?/m0/s1. The van der Waals surface area contributed by atoms with Crippen LogP contribution in [0.5, 0.6) is 0 Å². The molecule has 9 N–H and O–H groups in total. The van der Waals surface area contributed by atoms with E-state index in [1.54, 1.807) is 0 Å². The molecule has 0 radical (unpaired) electrons. The Kier molecular flexibility index (Phi) is 14.8. The van der Waals surface area contributed by atoms with Gasteiger partial charge in [-0.05, 0) is 19.3 Å². The lowest BCUT2D eigenvalue weighted by atomic mass is 9.84. The van der Waals surface area contributed by atoms with Crippen LogP contribution in [0.15, 0.2) is 0 Å². The molecule has 216 valence electrons. The first-order valence-corrected chi connectivity index (χ1v) is 15.1. The smallest absolute Gasteiger partial charge is 0.396 e. The number of rotatable bonds is 18. The summed E-state index contributed by atoms with van der Waals surface area (Å²) in [6.07, 6.45) is -11.5. The summed E-state index contributed by atoms with van der Waals surface area (Å²) >= 11 is 0. The molecule has 2 unspecified atom stereocenters. The maximum absolute atomic E-state index is 11.7. The van der Waals surface area contributed by atoms with Gasteiger partial charge in [-0.3, -0.25) is 13.6 Å². The maximum Gasteiger partial charge on any atom is 0.470 e. The van der Waals surface area contributed by atoms with Crippen molar-refractivity contribution >= 4 is 23.5 Å². The van der Waals surface area contributed by atoms with Crippen LogP contribution in [0.3, 0.4) is 0 Å². The summed E-state index contributed by atoms with van der Waals surface area (Å²) < 4.78 is 65.9. The highest BCUT2D eigenvalue weighted by Gasteiger charge is 2.59. The molecule has 1 rings (SSSR count). The SMILES string of the molecule is O=P(O)(O)OC1[C@@H](OP(=O)(O)O)[C@H](OCCCO)C(OCCCO)[C@H](OCCCO)[C@@H]1OP(=O)(O)O. The number of phosphoric ester groups is 3. The third-order valence-electron chi connectivity index (χ3n) is 4.56. The Labute approximate surface area is 205 Å². The van der Waals surface area contributed by atoms with Gasteiger partial charge in [0.25, 0.3) is 0 Å². The zero-order chi connectivity index (χ0) is 27.6. The van der Waals surface area contributed by atoms with E-state index in [2.05, 4.69) is 13.6 Å². The van der Waals surface area contributed by atoms with E-state index in [0.29, 0.717) is 0 Å². The third-order valence-corrected chi connectivity index (χ3v) is 6.11. The summed E-state index contributed by atoms with van der Waals surface area (Å²) in [6, 6.07) is 0. The van der Waals surface area contributed by atoms with E-state index in [4.69, 9.17) is 29.5 Å². The van der Waals surface area contributed by atoms with Gasteiger partial charge in [0.15, 0.2) is 0 Å². The van der Waals surface area contributed by atoms with Crippen molar-refractivity contribution in [2.75, 3.05) is 39.6 Å². The van der Waals surface area contributed by atoms with Gasteiger partial charge < -0.3 is 58.9 Å². The normalized spacial score (nSPS) is 27.9. The summed E-state index contributed by atoms with van der Waals surface area (Å²) in [5.41, 5.74) is 0.